The monoisotopic (exact) mass is 392 g/mol. The number of aryl methyl sites for hydroxylation is 2. The van der Waals surface area contributed by atoms with E-state index in [0.717, 1.165) is 15.6 Å². The molecule has 5 nitrogen and oxygen atoms in total. The molecule has 0 unspecified atom stereocenters. The summed E-state index contributed by atoms with van der Waals surface area (Å²) in [5.74, 6) is 1.24. The zero-order chi connectivity index (χ0) is 17.7. The van der Waals surface area contributed by atoms with Gasteiger partial charge in [0.15, 0.2) is 11.5 Å². The van der Waals surface area contributed by atoms with Gasteiger partial charge < -0.3 is 20.5 Å². The maximum absolute atomic E-state index is 12.2. The molecule has 2 aromatic rings. The fourth-order valence-electron chi connectivity index (χ4n) is 2.36. The van der Waals surface area contributed by atoms with Crippen LogP contribution in [0, 0.1) is 6.92 Å². The first kappa shape index (κ1) is 18.1. The van der Waals surface area contributed by atoms with E-state index in [9.17, 15) is 4.79 Å². The minimum Gasteiger partial charge on any atom is -0.493 e. The minimum atomic E-state index is -0.0889. The minimum absolute atomic E-state index is 0.0889. The van der Waals surface area contributed by atoms with Gasteiger partial charge in [-0.05, 0) is 48.7 Å². The highest BCUT2D eigenvalue weighted by molar-refractivity contribution is 9.10. The molecule has 0 aliphatic heterocycles. The molecule has 0 saturated carbocycles. The van der Waals surface area contributed by atoms with E-state index < -0.39 is 0 Å². The largest absolute Gasteiger partial charge is 0.493 e. The van der Waals surface area contributed by atoms with Crippen LogP contribution in [-0.4, -0.2) is 20.1 Å². The van der Waals surface area contributed by atoms with E-state index in [1.807, 2.05) is 31.2 Å². The van der Waals surface area contributed by atoms with Crippen LogP contribution in [0.2, 0.25) is 0 Å². The number of carbonyl (C=O) groups excluding carboxylic acids is 1. The van der Waals surface area contributed by atoms with Crippen LogP contribution in [0.25, 0.3) is 0 Å². The lowest BCUT2D eigenvalue weighted by molar-refractivity contribution is -0.116. The van der Waals surface area contributed by atoms with Gasteiger partial charge in [-0.2, -0.15) is 0 Å². The fourth-order valence-corrected chi connectivity index (χ4v) is 2.94. The maximum Gasteiger partial charge on any atom is 0.224 e. The number of amides is 1. The summed E-state index contributed by atoms with van der Waals surface area (Å²) in [4.78, 5) is 12.2. The molecule has 0 heterocycles. The predicted molar refractivity (Wildman–Crippen MR) is 99.8 cm³/mol. The van der Waals surface area contributed by atoms with Gasteiger partial charge in [-0.25, -0.2) is 0 Å². The van der Waals surface area contributed by atoms with Gasteiger partial charge in [0.2, 0.25) is 5.91 Å². The Kier molecular flexibility index (Phi) is 6.09. The summed E-state index contributed by atoms with van der Waals surface area (Å²) in [6.45, 7) is 1.90. The number of nitrogen functional groups attached to an aromatic ring is 1. The number of hydrogen-bond acceptors (Lipinski definition) is 4. The second kappa shape index (κ2) is 8.06. The van der Waals surface area contributed by atoms with Crippen LogP contribution in [0.4, 0.5) is 11.4 Å². The van der Waals surface area contributed by atoms with Crippen molar-refractivity contribution in [1.82, 2.24) is 0 Å². The zero-order valence-electron chi connectivity index (χ0n) is 14.0. The molecule has 0 fully saturated rings. The number of carbonyl (C=O) groups is 1. The number of nitrogens with one attached hydrogen (secondary N) is 1. The SMILES string of the molecule is COc1ccc(CCC(=O)Nc2cc(Br)cc(C)c2N)cc1OC. The first-order valence-electron chi connectivity index (χ1n) is 7.51. The Labute approximate surface area is 150 Å². The third kappa shape index (κ3) is 4.41. The molecule has 3 N–H and O–H groups in total. The average Bonchev–Trinajstić information content (AvgIpc) is 2.57. The molecule has 0 aliphatic rings. The van der Waals surface area contributed by atoms with Gasteiger partial charge in [0.25, 0.3) is 0 Å². The van der Waals surface area contributed by atoms with Gasteiger partial charge >= 0.3 is 0 Å². The Bertz CT molecular complexity index is 747. The predicted octanol–water partition coefficient (Wildman–Crippen LogP) is 3.93. The topological polar surface area (TPSA) is 73.6 Å². The molecule has 24 heavy (non-hydrogen) atoms. The summed E-state index contributed by atoms with van der Waals surface area (Å²) in [7, 11) is 3.18. The highest BCUT2D eigenvalue weighted by Crippen LogP contribution is 2.29. The van der Waals surface area contributed by atoms with E-state index in [0.29, 0.717) is 35.7 Å². The second-order valence-electron chi connectivity index (χ2n) is 5.42. The number of rotatable bonds is 6. The average molecular weight is 393 g/mol. The molecule has 0 saturated heterocycles. The number of anilines is 2. The van der Waals surface area contributed by atoms with Crippen LogP contribution < -0.4 is 20.5 Å². The van der Waals surface area contributed by atoms with Crippen molar-refractivity contribution < 1.29 is 14.3 Å². The van der Waals surface area contributed by atoms with Crippen molar-refractivity contribution in [3.63, 3.8) is 0 Å². The summed E-state index contributed by atoms with van der Waals surface area (Å²) in [6, 6.07) is 9.35. The first-order chi connectivity index (χ1) is 11.4. The first-order valence-corrected chi connectivity index (χ1v) is 8.30. The number of ether oxygens (including phenoxy) is 2. The van der Waals surface area contributed by atoms with Crippen LogP contribution in [0.3, 0.4) is 0 Å². The summed E-state index contributed by atoms with van der Waals surface area (Å²) in [5, 5.41) is 2.86. The van der Waals surface area contributed by atoms with E-state index >= 15 is 0 Å². The van der Waals surface area contributed by atoms with Gasteiger partial charge in [-0.15, -0.1) is 0 Å². The number of nitrogens with two attached hydrogens (primary N) is 1. The van der Waals surface area contributed by atoms with Gasteiger partial charge in [0.1, 0.15) is 0 Å². The Hall–Kier alpha value is -2.21. The quantitative estimate of drug-likeness (QED) is 0.730. The molecule has 0 aliphatic carbocycles. The van der Waals surface area contributed by atoms with Crippen molar-refractivity contribution in [2.24, 2.45) is 0 Å². The second-order valence-corrected chi connectivity index (χ2v) is 6.34. The van der Waals surface area contributed by atoms with E-state index in [-0.39, 0.29) is 5.91 Å². The molecule has 2 rings (SSSR count). The third-order valence-corrected chi connectivity index (χ3v) is 4.17. The van der Waals surface area contributed by atoms with E-state index in [1.54, 1.807) is 20.3 Å². The van der Waals surface area contributed by atoms with Crippen LogP contribution in [0.1, 0.15) is 17.5 Å². The Balaban J connectivity index is 2.01. The molecule has 0 spiro atoms. The molecule has 0 aromatic heterocycles. The molecular weight excluding hydrogens is 372 g/mol. The standard InChI is InChI=1S/C18H21BrN2O3/c1-11-8-13(19)10-14(18(11)20)21-17(22)7-5-12-4-6-15(23-2)16(9-12)24-3/h4,6,8-10H,5,7,20H2,1-3H3,(H,21,22). The lowest BCUT2D eigenvalue weighted by Crippen LogP contribution is -2.14. The molecule has 0 atom stereocenters. The fraction of sp³-hybridized carbons (Fsp3) is 0.278. The van der Waals surface area contributed by atoms with Crippen molar-refractivity contribution in [3.8, 4) is 11.5 Å². The lowest BCUT2D eigenvalue weighted by Gasteiger charge is -2.12. The van der Waals surface area contributed by atoms with Gasteiger partial charge in [-0.1, -0.05) is 22.0 Å². The molecule has 128 valence electrons. The Morgan fingerprint density at radius 1 is 1.17 bits per heavy atom. The summed E-state index contributed by atoms with van der Waals surface area (Å²) in [5.41, 5.74) is 9.13. The van der Waals surface area contributed by atoms with Crippen molar-refractivity contribution in [3.05, 3.63) is 45.9 Å². The van der Waals surface area contributed by atoms with E-state index in [4.69, 9.17) is 15.2 Å². The molecule has 0 radical (unpaired) electrons. The highest BCUT2D eigenvalue weighted by Gasteiger charge is 2.10. The van der Waals surface area contributed by atoms with Crippen LogP contribution >= 0.6 is 15.9 Å². The zero-order valence-corrected chi connectivity index (χ0v) is 15.6. The van der Waals surface area contributed by atoms with E-state index in [2.05, 4.69) is 21.2 Å². The Morgan fingerprint density at radius 2 is 1.88 bits per heavy atom. The molecule has 2 aromatic carbocycles. The van der Waals surface area contributed by atoms with Gasteiger partial charge in [-0.3, -0.25) is 4.79 Å². The van der Waals surface area contributed by atoms with Crippen molar-refractivity contribution in [2.45, 2.75) is 19.8 Å². The lowest BCUT2D eigenvalue weighted by atomic mass is 10.1. The normalized spacial score (nSPS) is 10.3. The summed E-state index contributed by atoms with van der Waals surface area (Å²) < 4.78 is 11.4. The smallest absolute Gasteiger partial charge is 0.224 e. The maximum atomic E-state index is 12.2. The number of methoxy groups -OCH3 is 2. The number of halogens is 1. The van der Waals surface area contributed by atoms with E-state index in [1.165, 1.54) is 0 Å². The van der Waals surface area contributed by atoms with Crippen LogP contribution in [0.15, 0.2) is 34.8 Å². The van der Waals surface area contributed by atoms with Crippen molar-refractivity contribution >= 4 is 33.2 Å². The summed E-state index contributed by atoms with van der Waals surface area (Å²) >= 11 is 3.41. The Morgan fingerprint density at radius 3 is 2.54 bits per heavy atom. The molecular formula is C18H21BrN2O3. The van der Waals surface area contributed by atoms with Crippen LogP contribution in [0.5, 0.6) is 11.5 Å². The molecule has 0 bridgehead atoms. The number of benzene rings is 2. The number of hydrogen-bond donors (Lipinski definition) is 2. The molecule has 1 amide bonds. The third-order valence-electron chi connectivity index (χ3n) is 3.71. The highest BCUT2D eigenvalue weighted by atomic mass is 79.9. The van der Waals surface area contributed by atoms with Crippen LogP contribution in [-0.2, 0) is 11.2 Å². The van der Waals surface area contributed by atoms with Gasteiger partial charge in [0, 0.05) is 10.9 Å². The molecule has 6 heteroatoms. The van der Waals surface area contributed by atoms with Crippen molar-refractivity contribution in [2.75, 3.05) is 25.3 Å². The van der Waals surface area contributed by atoms with Gasteiger partial charge in [0.05, 0.1) is 25.6 Å². The summed E-state index contributed by atoms with van der Waals surface area (Å²) in [6.07, 6.45) is 0.944. The van der Waals surface area contributed by atoms with Crippen molar-refractivity contribution in [1.29, 1.82) is 0 Å².